The van der Waals surface area contributed by atoms with Crippen LogP contribution in [0, 0.1) is 0 Å². The van der Waals surface area contributed by atoms with E-state index in [0.29, 0.717) is 5.02 Å². The molecule has 0 aromatic heterocycles. The van der Waals surface area contributed by atoms with Crippen LogP contribution in [0.3, 0.4) is 0 Å². The van der Waals surface area contributed by atoms with Crippen LogP contribution in [-0.4, -0.2) is 24.0 Å². The average molecular weight is 283 g/mol. The smallest absolute Gasteiger partial charge is 0.341 e. The molecule has 0 spiro atoms. The van der Waals surface area contributed by atoms with Gasteiger partial charge in [-0.1, -0.05) is 11.6 Å². The number of nitrogen functional groups attached to an aromatic ring is 1. The lowest BCUT2D eigenvalue weighted by atomic mass is 10.2. The molecule has 1 atom stereocenters. The highest BCUT2D eigenvalue weighted by atomic mass is 35.5. The molecule has 0 unspecified atom stereocenters. The molecule has 0 heterocycles. The molecular formula is C13H15ClN2O3. The number of carbonyl (C=O) groups is 2. The van der Waals surface area contributed by atoms with Gasteiger partial charge in [-0.2, -0.15) is 0 Å². The molecule has 0 saturated heterocycles. The maximum absolute atomic E-state index is 11.9. The number of halogens is 1. The van der Waals surface area contributed by atoms with Crippen molar-refractivity contribution in [3.8, 4) is 0 Å². The second kappa shape index (κ2) is 5.48. The summed E-state index contributed by atoms with van der Waals surface area (Å²) >= 11 is 5.75. The minimum Gasteiger partial charge on any atom is -0.449 e. The van der Waals surface area contributed by atoms with Gasteiger partial charge in [-0.25, -0.2) is 4.79 Å². The second-order valence-corrected chi connectivity index (χ2v) is 5.00. The molecule has 0 aliphatic heterocycles. The Morgan fingerprint density at radius 2 is 2.16 bits per heavy atom. The van der Waals surface area contributed by atoms with Crippen LogP contribution >= 0.6 is 11.6 Å². The summed E-state index contributed by atoms with van der Waals surface area (Å²) < 4.78 is 5.07. The van der Waals surface area contributed by atoms with Crippen molar-refractivity contribution in [2.24, 2.45) is 0 Å². The molecule has 6 heteroatoms. The number of hydrogen-bond acceptors (Lipinski definition) is 4. The van der Waals surface area contributed by atoms with Crippen LogP contribution in [0.5, 0.6) is 0 Å². The summed E-state index contributed by atoms with van der Waals surface area (Å²) in [5.74, 6) is -0.920. The van der Waals surface area contributed by atoms with E-state index in [1.54, 1.807) is 6.07 Å². The zero-order valence-electron chi connectivity index (χ0n) is 10.5. The van der Waals surface area contributed by atoms with Crippen molar-refractivity contribution in [1.29, 1.82) is 0 Å². The van der Waals surface area contributed by atoms with E-state index in [-0.39, 0.29) is 23.2 Å². The first kappa shape index (κ1) is 13.7. The number of hydrogen-bond donors (Lipinski definition) is 2. The summed E-state index contributed by atoms with van der Waals surface area (Å²) in [4.78, 5) is 23.5. The lowest BCUT2D eigenvalue weighted by Crippen LogP contribution is -2.37. The van der Waals surface area contributed by atoms with Gasteiger partial charge in [0.15, 0.2) is 6.10 Å². The monoisotopic (exact) mass is 282 g/mol. The highest BCUT2D eigenvalue weighted by molar-refractivity contribution is 6.31. The van der Waals surface area contributed by atoms with Crippen molar-refractivity contribution in [3.63, 3.8) is 0 Å². The molecule has 19 heavy (non-hydrogen) atoms. The van der Waals surface area contributed by atoms with Gasteiger partial charge in [0, 0.05) is 16.8 Å². The van der Waals surface area contributed by atoms with Gasteiger partial charge in [-0.15, -0.1) is 0 Å². The third-order valence-corrected chi connectivity index (χ3v) is 3.05. The third-order valence-electron chi connectivity index (χ3n) is 2.81. The maximum atomic E-state index is 11.9. The number of esters is 1. The largest absolute Gasteiger partial charge is 0.449 e. The van der Waals surface area contributed by atoms with Gasteiger partial charge in [0.2, 0.25) is 0 Å². The van der Waals surface area contributed by atoms with Crippen molar-refractivity contribution >= 4 is 29.2 Å². The molecule has 0 bridgehead atoms. The van der Waals surface area contributed by atoms with Gasteiger partial charge in [0.05, 0.1) is 5.56 Å². The number of anilines is 1. The topological polar surface area (TPSA) is 81.4 Å². The number of carbonyl (C=O) groups excluding carboxylic acids is 2. The minimum absolute atomic E-state index is 0.204. The Morgan fingerprint density at radius 3 is 2.74 bits per heavy atom. The van der Waals surface area contributed by atoms with E-state index in [9.17, 15) is 9.59 Å². The Morgan fingerprint density at radius 1 is 1.47 bits per heavy atom. The van der Waals surface area contributed by atoms with E-state index < -0.39 is 12.1 Å². The lowest BCUT2D eigenvalue weighted by Gasteiger charge is -2.14. The molecular weight excluding hydrogens is 268 g/mol. The van der Waals surface area contributed by atoms with Crippen molar-refractivity contribution in [1.82, 2.24) is 5.32 Å². The molecule has 1 aliphatic rings. The van der Waals surface area contributed by atoms with E-state index >= 15 is 0 Å². The molecule has 1 saturated carbocycles. The van der Waals surface area contributed by atoms with Crippen LogP contribution in [-0.2, 0) is 9.53 Å². The molecule has 1 fully saturated rings. The zero-order valence-corrected chi connectivity index (χ0v) is 11.2. The fourth-order valence-corrected chi connectivity index (χ4v) is 1.72. The van der Waals surface area contributed by atoms with Crippen LogP contribution in [0.1, 0.15) is 30.1 Å². The van der Waals surface area contributed by atoms with Gasteiger partial charge in [-0.3, -0.25) is 4.79 Å². The maximum Gasteiger partial charge on any atom is 0.341 e. The molecule has 3 N–H and O–H groups in total. The molecule has 0 radical (unpaired) electrons. The van der Waals surface area contributed by atoms with Crippen LogP contribution < -0.4 is 11.1 Å². The van der Waals surface area contributed by atoms with Crippen molar-refractivity contribution in [3.05, 3.63) is 28.8 Å². The van der Waals surface area contributed by atoms with E-state index in [4.69, 9.17) is 22.1 Å². The standard InChI is InChI=1S/C13H15ClN2O3/c1-7(12(17)16-9-3-4-9)19-13(18)10-5-2-8(14)6-11(10)15/h2,5-7,9H,3-4,15H2,1H3,(H,16,17)/t7-/m0/s1. The zero-order chi connectivity index (χ0) is 14.0. The quantitative estimate of drug-likeness (QED) is 0.651. The molecule has 1 aromatic carbocycles. The summed E-state index contributed by atoms with van der Waals surface area (Å²) in [5.41, 5.74) is 6.11. The molecule has 5 nitrogen and oxygen atoms in total. The Hall–Kier alpha value is -1.75. The molecule has 102 valence electrons. The third kappa shape index (κ3) is 3.61. The van der Waals surface area contributed by atoms with Crippen molar-refractivity contribution in [2.75, 3.05) is 5.73 Å². The Balaban J connectivity index is 1.97. The number of amides is 1. The highest BCUT2D eigenvalue weighted by Crippen LogP contribution is 2.20. The summed E-state index contributed by atoms with van der Waals surface area (Å²) in [6, 6.07) is 4.72. The van der Waals surface area contributed by atoms with E-state index in [1.807, 2.05) is 0 Å². The van der Waals surface area contributed by atoms with Crippen LogP contribution in [0.2, 0.25) is 5.02 Å². The molecule has 1 amide bonds. The average Bonchev–Trinajstić information content (AvgIpc) is 3.12. The first-order chi connectivity index (χ1) is 8.97. The first-order valence-corrected chi connectivity index (χ1v) is 6.41. The Bertz CT molecular complexity index is 515. The van der Waals surface area contributed by atoms with Crippen molar-refractivity contribution in [2.45, 2.75) is 31.9 Å². The highest BCUT2D eigenvalue weighted by Gasteiger charge is 2.27. The molecule has 1 aromatic rings. The van der Waals surface area contributed by atoms with Crippen molar-refractivity contribution < 1.29 is 14.3 Å². The van der Waals surface area contributed by atoms with Gasteiger partial charge < -0.3 is 15.8 Å². The number of rotatable bonds is 4. The number of nitrogens with one attached hydrogen (secondary N) is 1. The summed E-state index contributed by atoms with van der Waals surface area (Å²) in [5, 5.41) is 3.20. The van der Waals surface area contributed by atoms with Crippen LogP contribution in [0.25, 0.3) is 0 Å². The van der Waals surface area contributed by atoms with E-state index in [2.05, 4.69) is 5.32 Å². The minimum atomic E-state index is -0.844. The van der Waals surface area contributed by atoms with Crippen LogP contribution in [0.15, 0.2) is 18.2 Å². The normalized spacial score (nSPS) is 15.7. The lowest BCUT2D eigenvalue weighted by molar-refractivity contribution is -0.129. The SMILES string of the molecule is C[C@H](OC(=O)c1ccc(Cl)cc1N)C(=O)NC1CC1. The number of benzene rings is 1. The number of ether oxygens (including phenoxy) is 1. The van der Waals surface area contributed by atoms with Gasteiger partial charge in [0.25, 0.3) is 5.91 Å². The Labute approximate surface area is 116 Å². The van der Waals surface area contributed by atoms with Gasteiger partial charge >= 0.3 is 5.97 Å². The van der Waals surface area contributed by atoms with Gasteiger partial charge in [0.1, 0.15) is 0 Å². The van der Waals surface area contributed by atoms with E-state index in [1.165, 1.54) is 19.1 Å². The van der Waals surface area contributed by atoms with E-state index in [0.717, 1.165) is 12.8 Å². The summed E-state index contributed by atoms with van der Waals surface area (Å²) in [6.45, 7) is 1.53. The molecule has 2 rings (SSSR count). The summed E-state index contributed by atoms with van der Waals surface area (Å²) in [6.07, 6.45) is 1.12. The fourth-order valence-electron chi connectivity index (χ4n) is 1.54. The second-order valence-electron chi connectivity index (χ2n) is 4.56. The predicted octanol–water partition coefficient (Wildman–Crippen LogP) is 1.75. The summed E-state index contributed by atoms with van der Waals surface area (Å²) in [7, 11) is 0. The first-order valence-electron chi connectivity index (χ1n) is 6.03. The fraction of sp³-hybridized carbons (Fsp3) is 0.385. The van der Waals surface area contributed by atoms with Gasteiger partial charge in [-0.05, 0) is 38.0 Å². The Kier molecular flexibility index (Phi) is 3.95. The molecule has 1 aliphatic carbocycles. The van der Waals surface area contributed by atoms with Crippen LogP contribution in [0.4, 0.5) is 5.69 Å². The predicted molar refractivity (Wildman–Crippen MR) is 71.9 cm³/mol. The number of nitrogens with two attached hydrogens (primary N) is 1.